The molecule has 0 aromatic heterocycles. The number of hydrogen-bond donors (Lipinski definition) is 2. The first-order chi connectivity index (χ1) is 10.1. The average molecular weight is 335 g/mol. The highest BCUT2D eigenvalue weighted by molar-refractivity contribution is 7.89. The number of rotatable bonds is 6. The number of nitrogens with one attached hydrogen (secondary N) is 2. The van der Waals surface area contributed by atoms with Crippen LogP contribution in [0.4, 0.5) is 4.79 Å². The Labute approximate surface area is 133 Å². The van der Waals surface area contributed by atoms with Gasteiger partial charge in [-0.3, -0.25) is 0 Å². The van der Waals surface area contributed by atoms with Gasteiger partial charge in [0.2, 0.25) is 10.0 Å². The highest BCUT2D eigenvalue weighted by Crippen LogP contribution is 2.18. The Morgan fingerprint density at radius 3 is 2.64 bits per heavy atom. The number of ether oxygens (including phenoxy) is 1. The summed E-state index contributed by atoms with van der Waals surface area (Å²) in [5, 5.41) is 3.16. The summed E-state index contributed by atoms with van der Waals surface area (Å²) in [5.74, 6) is 0.394. The van der Waals surface area contributed by atoms with Gasteiger partial charge in [0.05, 0.1) is 5.75 Å². The van der Waals surface area contributed by atoms with Gasteiger partial charge in [-0.1, -0.05) is 0 Å². The zero-order chi connectivity index (χ0) is 16.8. The van der Waals surface area contributed by atoms with Crippen molar-refractivity contribution >= 4 is 16.1 Å². The molecule has 1 fully saturated rings. The lowest BCUT2D eigenvalue weighted by molar-refractivity contribution is 0.0167. The van der Waals surface area contributed by atoms with Crippen molar-refractivity contribution in [1.82, 2.24) is 14.9 Å². The predicted octanol–water partition coefficient (Wildman–Crippen LogP) is 0.772. The van der Waals surface area contributed by atoms with E-state index >= 15 is 0 Å². The molecule has 1 rings (SSSR count). The molecule has 1 aliphatic heterocycles. The number of nitrogens with zero attached hydrogens (tertiary/aromatic N) is 1. The maximum absolute atomic E-state index is 12.1. The van der Waals surface area contributed by atoms with Crippen molar-refractivity contribution in [3.63, 3.8) is 0 Å². The third kappa shape index (κ3) is 7.42. The first-order valence-corrected chi connectivity index (χ1v) is 9.38. The summed E-state index contributed by atoms with van der Waals surface area (Å²) in [7, 11) is -1.75. The molecule has 1 unspecified atom stereocenters. The standard InChI is InChI=1S/C14H29N3O4S/c1-14(2,3)21-13(18)17-8-5-6-12(11-17)10-16-7-9-22(19,20)15-4/h12,15-16H,5-11H2,1-4H3. The first kappa shape index (κ1) is 19.2. The van der Waals surface area contributed by atoms with Crippen LogP contribution in [0.25, 0.3) is 0 Å². The lowest BCUT2D eigenvalue weighted by Gasteiger charge is -2.34. The molecular formula is C14H29N3O4S. The summed E-state index contributed by atoms with van der Waals surface area (Å²) < 4.78 is 30.3. The maximum atomic E-state index is 12.1. The highest BCUT2D eigenvalue weighted by atomic mass is 32.2. The number of sulfonamides is 1. The van der Waals surface area contributed by atoms with Gasteiger partial charge in [0, 0.05) is 19.6 Å². The largest absolute Gasteiger partial charge is 0.444 e. The molecular weight excluding hydrogens is 306 g/mol. The van der Waals surface area contributed by atoms with E-state index in [9.17, 15) is 13.2 Å². The Bertz CT molecular complexity index is 459. The monoisotopic (exact) mass is 335 g/mol. The van der Waals surface area contributed by atoms with Gasteiger partial charge in [-0.15, -0.1) is 0 Å². The van der Waals surface area contributed by atoms with Crippen LogP contribution in [0.15, 0.2) is 0 Å². The Morgan fingerprint density at radius 2 is 2.05 bits per heavy atom. The van der Waals surface area contributed by atoms with Gasteiger partial charge in [0.1, 0.15) is 5.60 Å². The number of piperidine rings is 1. The number of likely N-dealkylation sites (tertiary alicyclic amines) is 1. The summed E-state index contributed by atoms with van der Waals surface area (Å²) in [6.45, 7) is 8.06. The normalized spacial score (nSPS) is 20.0. The molecule has 0 radical (unpaired) electrons. The van der Waals surface area contributed by atoms with E-state index in [4.69, 9.17) is 4.74 Å². The van der Waals surface area contributed by atoms with Crippen LogP contribution in [0.2, 0.25) is 0 Å². The van der Waals surface area contributed by atoms with Crippen molar-refractivity contribution < 1.29 is 17.9 Å². The predicted molar refractivity (Wildman–Crippen MR) is 86.2 cm³/mol. The minimum atomic E-state index is -3.16. The van der Waals surface area contributed by atoms with Gasteiger partial charge in [-0.05, 0) is 53.1 Å². The second kappa shape index (κ2) is 8.12. The van der Waals surface area contributed by atoms with E-state index in [0.717, 1.165) is 19.4 Å². The molecule has 0 aromatic rings. The quantitative estimate of drug-likeness (QED) is 0.700. The molecule has 1 heterocycles. The summed E-state index contributed by atoms with van der Waals surface area (Å²) in [6, 6.07) is 0. The maximum Gasteiger partial charge on any atom is 0.410 e. The lowest BCUT2D eigenvalue weighted by atomic mass is 9.98. The van der Waals surface area contributed by atoms with Crippen molar-refractivity contribution in [2.24, 2.45) is 5.92 Å². The van der Waals surface area contributed by atoms with Crippen LogP contribution >= 0.6 is 0 Å². The molecule has 8 heteroatoms. The van der Waals surface area contributed by atoms with Crippen molar-refractivity contribution in [1.29, 1.82) is 0 Å². The van der Waals surface area contributed by atoms with Crippen LogP contribution in [0.1, 0.15) is 33.6 Å². The third-order valence-corrected chi connectivity index (χ3v) is 4.83. The van der Waals surface area contributed by atoms with Crippen molar-refractivity contribution in [3.8, 4) is 0 Å². The van der Waals surface area contributed by atoms with E-state index in [0.29, 0.717) is 25.6 Å². The van der Waals surface area contributed by atoms with Crippen LogP contribution < -0.4 is 10.0 Å². The molecule has 2 N–H and O–H groups in total. The molecule has 1 saturated heterocycles. The molecule has 0 aromatic carbocycles. The molecule has 7 nitrogen and oxygen atoms in total. The van der Waals surface area contributed by atoms with E-state index in [2.05, 4.69) is 10.0 Å². The van der Waals surface area contributed by atoms with Crippen molar-refractivity contribution in [2.45, 2.75) is 39.2 Å². The molecule has 1 amide bonds. The first-order valence-electron chi connectivity index (χ1n) is 7.73. The molecule has 1 aliphatic rings. The average Bonchev–Trinajstić information content (AvgIpc) is 2.42. The van der Waals surface area contributed by atoms with E-state index in [1.807, 2.05) is 20.8 Å². The number of amides is 1. The number of carbonyl (C=O) groups is 1. The fourth-order valence-electron chi connectivity index (χ4n) is 2.34. The van der Waals surface area contributed by atoms with E-state index in [-0.39, 0.29) is 11.8 Å². The summed E-state index contributed by atoms with van der Waals surface area (Å²) in [5.41, 5.74) is -0.482. The summed E-state index contributed by atoms with van der Waals surface area (Å²) >= 11 is 0. The van der Waals surface area contributed by atoms with E-state index in [1.54, 1.807) is 4.90 Å². The zero-order valence-corrected chi connectivity index (χ0v) is 14.8. The lowest BCUT2D eigenvalue weighted by Crippen LogP contribution is -2.45. The van der Waals surface area contributed by atoms with Gasteiger partial charge >= 0.3 is 6.09 Å². The van der Waals surface area contributed by atoms with Gasteiger partial charge in [0.15, 0.2) is 0 Å². The fourth-order valence-corrected chi connectivity index (χ4v) is 2.96. The summed E-state index contributed by atoms with van der Waals surface area (Å²) in [4.78, 5) is 13.8. The molecule has 0 bridgehead atoms. The molecule has 130 valence electrons. The minimum Gasteiger partial charge on any atom is -0.444 e. The van der Waals surface area contributed by atoms with Gasteiger partial charge < -0.3 is 15.0 Å². The Balaban J connectivity index is 2.33. The van der Waals surface area contributed by atoms with E-state index in [1.165, 1.54) is 7.05 Å². The fraction of sp³-hybridized carbons (Fsp3) is 0.929. The highest BCUT2D eigenvalue weighted by Gasteiger charge is 2.27. The second-order valence-electron chi connectivity index (χ2n) is 6.66. The van der Waals surface area contributed by atoms with Crippen LogP contribution in [0.5, 0.6) is 0 Å². The van der Waals surface area contributed by atoms with Gasteiger partial charge in [0.25, 0.3) is 0 Å². The molecule has 0 aliphatic carbocycles. The Kier molecular flexibility index (Phi) is 7.08. The van der Waals surface area contributed by atoms with E-state index < -0.39 is 15.6 Å². The number of carbonyl (C=O) groups excluding carboxylic acids is 1. The summed E-state index contributed by atoms with van der Waals surface area (Å²) in [6.07, 6.45) is 1.71. The van der Waals surface area contributed by atoms with Gasteiger partial charge in [-0.2, -0.15) is 0 Å². The molecule has 0 saturated carbocycles. The molecule has 0 spiro atoms. The van der Waals surface area contributed by atoms with Crippen LogP contribution in [0.3, 0.4) is 0 Å². The van der Waals surface area contributed by atoms with Crippen LogP contribution in [-0.4, -0.2) is 64.0 Å². The SMILES string of the molecule is CNS(=O)(=O)CCNCC1CCCN(C(=O)OC(C)(C)C)C1. The molecule has 22 heavy (non-hydrogen) atoms. The minimum absolute atomic E-state index is 0.0615. The zero-order valence-electron chi connectivity index (χ0n) is 14.0. The van der Waals surface area contributed by atoms with Crippen LogP contribution in [-0.2, 0) is 14.8 Å². The topological polar surface area (TPSA) is 87.7 Å². The van der Waals surface area contributed by atoms with Crippen molar-refractivity contribution in [2.75, 3.05) is 39.0 Å². The third-order valence-electron chi connectivity index (χ3n) is 3.46. The van der Waals surface area contributed by atoms with Crippen LogP contribution in [0, 0.1) is 5.92 Å². The molecule has 1 atom stereocenters. The number of hydrogen-bond acceptors (Lipinski definition) is 5. The Hall–Kier alpha value is -0.860. The van der Waals surface area contributed by atoms with Crippen molar-refractivity contribution in [3.05, 3.63) is 0 Å². The van der Waals surface area contributed by atoms with Gasteiger partial charge in [-0.25, -0.2) is 17.9 Å². The smallest absolute Gasteiger partial charge is 0.410 e. The second-order valence-corrected chi connectivity index (χ2v) is 8.71. The Morgan fingerprint density at radius 1 is 1.36 bits per heavy atom.